The van der Waals surface area contributed by atoms with E-state index in [4.69, 9.17) is 12.2 Å². The lowest BCUT2D eigenvalue weighted by Crippen LogP contribution is -2.34. The molecule has 1 aromatic carbocycles. The summed E-state index contributed by atoms with van der Waals surface area (Å²) in [6.45, 7) is 1.06. The summed E-state index contributed by atoms with van der Waals surface area (Å²) in [7, 11) is -3.52. The van der Waals surface area contributed by atoms with Crippen LogP contribution in [-0.2, 0) is 22.9 Å². The number of carbonyl (C=O) groups excluding carboxylic acids is 1. The Morgan fingerprint density at radius 3 is 2.44 bits per heavy atom. The minimum Gasteiger partial charge on any atom is -0.323 e. The lowest BCUT2D eigenvalue weighted by Gasteiger charge is -2.15. The average Bonchev–Trinajstić information content (AvgIpc) is 3.37. The van der Waals surface area contributed by atoms with Crippen molar-refractivity contribution in [2.45, 2.75) is 49.8 Å². The third-order valence-corrected chi connectivity index (χ3v) is 9.13. The van der Waals surface area contributed by atoms with Crippen molar-refractivity contribution in [1.82, 2.24) is 9.62 Å². The van der Waals surface area contributed by atoms with Crippen molar-refractivity contribution >= 4 is 49.6 Å². The summed E-state index contributed by atoms with van der Waals surface area (Å²) < 4.78 is 26.7. The second-order valence-electron chi connectivity index (χ2n) is 7.92. The van der Waals surface area contributed by atoms with E-state index in [9.17, 15) is 18.5 Å². The number of hydrogen-bond donors (Lipinski definition) is 2. The first-order valence-electron chi connectivity index (χ1n) is 10.7. The number of rotatable bonds is 4. The molecule has 0 saturated carbocycles. The van der Waals surface area contributed by atoms with E-state index in [1.54, 1.807) is 0 Å². The maximum Gasteiger partial charge on any atom is 0.257 e. The number of nitrogens with one attached hydrogen (secondary N) is 2. The summed E-state index contributed by atoms with van der Waals surface area (Å²) in [5, 5.41) is 16.0. The van der Waals surface area contributed by atoms with Crippen LogP contribution in [0, 0.1) is 11.3 Å². The standard InChI is InChI=1S/C22H24N4O3S3/c23-14-18-17-6-2-1-3-7-19(17)31-21(18)25-22(30)24-20(27)15-8-10-16(11-9-15)32(28,29)26-12-4-5-13-26/h8-11H,1-7,12-13H2,(H2,24,25,27,30). The maximum absolute atomic E-state index is 12.6. The molecule has 2 N–H and O–H groups in total. The van der Waals surface area contributed by atoms with E-state index in [-0.39, 0.29) is 10.0 Å². The number of thiophene rings is 1. The van der Waals surface area contributed by atoms with Crippen molar-refractivity contribution in [3.05, 3.63) is 45.8 Å². The van der Waals surface area contributed by atoms with Gasteiger partial charge in [-0.15, -0.1) is 11.3 Å². The molecular formula is C22H24N4O3S3. The highest BCUT2D eigenvalue weighted by molar-refractivity contribution is 7.89. The zero-order valence-electron chi connectivity index (χ0n) is 17.5. The van der Waals surface area contributed by atoms with E-state index in [1.807, 2.05) is 0 Å². The number of sulfonamides is 1. The van der Waals surface area contributed by atoms with Gasteiger partial charge < -0.3 is 5.32 Å². The maximum atomic E-state index is 12.6. The van der Waals surface area contributed by atoms with Gasteiger partial charge in [0.1, 0.15) is 11.1 Å². The molecule has 2 heterocycles. The minimum absolute atomic E-state index is 0.108. The molecule has 1 aromatic heterocycles. The summed E-state index contributed by atoms with van der Waals surface area (Å²) in [4.78, 5) is 14.0. The van der Waals surface area contributed by atoms with Crippen LogP contribution in [0.1, 0.15) is 58.5 Å². The van der Waals surface area contributed by atoms with Crippen molar-refractivity contribution < 1.29 is 13.2 Å². The molecule has 7 nitrogen and oxygen atoms in total. The molecule has 1 aliphatic heterocycles. The van der Waals surface area contributed by atoms with E-state index < -0.39 is 15.9 Å². The number of hydrogen-bond acceptors (Lipinski definition) is 6. The smallest absolute Gasteiger partial charge is 0.257 e. The third kappa shape index (κ3) is 4.71. The Morgan fingerprint density at radius 1 is 1.06 bits per heavy atom. The van der Waals surface area contributed by atoms with Crippen LogP contribution >= 0.6 is 23.6 Å². The predicted molar refractivity (Wildman–Crippen MR) is 128 cm³/mol. The summed E-state index contributed by atoms with van der Waals surface area (Å²) in [6, 6.07) is 8.14. The van der Waals surface area contributed by atoms with Gasteiger partial charge in [-0.3, -0.25) is 10.1 Å². The van der Waals surface area contributed by atoms with Crippen LogP contribution in [0.4, 0.5) is 5.00 Å². The molecular weight excluding hydrogens is 464 g/mol. The average molecular weight is 489 g/mol. The topological polar surface area (TPSA) is 102 Å². The highest BCUT2D eigenvalue weighted by Crippen LogP contribution is 2.36. The first kappa shape index (κ1) is 22.9. The summed E-state index contributed by atoms with van der Waals surface area (Å²) in [6.07, 6.45) is 6.94. The van der Waals surface area contributed by atoms with E-state index >= 15 is 0 Å². The Kier molecular flexibility index (Phi) is 6.90. The van der Waals surface area contributed by atoms with Crippen molar-refractivity contribution in [1.29, 1.82) is 5.26 Å². The number of carbonyl (C=O) groups is 1. The first-order chi connectivity index (χ1) is 15.4. The molecule has 1 amide bonds. The molecule has 32 heavy (non-hydrogen) atoms. The van der Waals surface area contributed by atoms with Crippen molar-refractivity contribution in [3.63, 3.8) is 0 Å². The van der Waals surface area contributed by atoms with Crippen LogP contribution in [0.5, 0.6) is 0 Å². The number of aryl methyl sites for hydroxylation is 1. The molecule has 1 fully saturated rings. The summed E-state index contributed by atoms with van der Waals surface area (Å²) in [5.41, 5.74) is 2.01. The highest BCUT2D eigenvalue weighted by atomic mass is 32.2. The summed E-state index contributed by atoms with van der Waals surface area (Å²) in [5.74, 6) is -0.441. The molecule has 0 radical (unpaired) electrons. The zero-order chi connectivity index (χ0) is 22.7. The van der Waals surface area contributed by atoms with Crippen LogP contribution in [0.3, 0.4) is 0 Å². The summed E-state index contributed by atoms with van der Waals surface area (Å²) >= 11 is 6.82. The monoisotopic (exact) mass is 488 g/mol. The molecule has 2 aromatic rings. The van der Waals surface area contributed by atoms with Gasteiger partial charge in [0.05, 0.1) is 10.5 Å². The van der Waals surface area contributed by atoms with Gasteiger partial charge in [0.15, 0.2) is 5.11 Å². The lowest BCUT2D eigenvalue weighted by molar-refractivity contribution is 0.0977. The molecule has 0 bridgehead atoms. The largest absolute Gasteiger partial charge is 0.323 e. The van der Waals surface area contributed by atoms with Gasteiger partial charge in [0.25, 0.3) is 5.91 Å². The van der Waals surface area contributed by atoms with Crippen LogP contribution in [-0.4, -0.2) is 36.8 Å². The molecule has 4 rings (SSSR count). The fraction of sp³-hybridized carbons (Fsp3) is 0.409. The van der Waals surface area contributed by atoms with Gasteiger partial charge in [0.2, 0.25) is 10.0 Å². The Labute approximate surface area is 197 Å². The van der Waals surface area contributed by atoms with Crippen LogP contribution in [0.25, 0.3) is 0 Å². The van der Waals surface area contributed by atoms with E-state index in [0.717, 1.165) is 44.1 Å². The van der Waals surface area contributed by atoms with Gasteiger partial charge in [-0.25, -0.2) is 8.42 Å². The quantitative estimate of drug-likeness (QED) is 0.501. The first-order valence-corrected chi connectivity index (χ1v) is 13.3. The molecule has 1 aliphatic carbocycles. The number of thiocarbonyl (C=S) groups is 1. The van der Waals surface area contributed by atoms with Gasteiger partial charge in [-0.05, 0) is 80.6 Å². The number of nitrogens with zero attached hydrogens (tertiary/aromatic N) is 2. The van der Waals surface area contributed by atoms with Crippen LogP contribution < -0.4 is 10.6 Å². The highest BCUT2D eigenvalue weighted by Gasteiger charge is 2.27. The predicted octanol–water partition coefficient (Wildman–Crippen LogP) is 3.80. The zero-order valence-corrected chi connectivity index (χ0v) is 20.0. The van der Waals surface area contributed by atoms with Crippen molar-refractivity contribution in [2.75, 3.05) is 18.4 Å². The molecule has 0 unspecified atom stereocenters. The molecule has 2 aliphatic rings. The number of benzene rings is 1. The van der Waals surface area contributed by atoms with Gasteiger partial charge in [-0.2, -0.15) is 9.57 Å². The fourth-order valence-electron chi connectivity index (χ4n) is 4.11. The SMILES string of the molecule is N#Cc1c(NC(=S)NC(=O)c2ccc(S(=O)(=O)N3CCCC3)cc2)sc2c1CCCCC2. The normalized spacial score (nSPS) is 16.6. The molecule has 0 atom stereocenters. The van der Waals surface area contributed by atoms with Gasteiger partial charge >= 0.3 is 0 Å². The fourth-order valence-corrected chi connectivity index (χ4v) is 7.14. The van der Waals surface area contributed by atoms with E-state index in [0.29, 0.717) is 29.2 Å². The molecule has 0 spiro atoms. The number of amides is 1. The number of nitriles is 1. The molecule has 10 heteroatoms. The Morgan fingerprint density at radius 2 is 1.75 bits per heavy atom. The van der Waals surface area contributed by atoms with Crippen LogP contribution in [0.15, 0.2) is 29.2 Å². The Balaban J connectivity index is 1.42. The number of fused-ring (bicyclic) bond motifs is 1. The molecule has 168 valence electrons. The van der Waals surface area contributed by atoms with E-state index in [1.165, 1.54) is 51.2 Å². The van der Waals surface area contributed by atoms with Gasteiger partial charge in [0, 0.05) is 23.5 Å². The second kappa shape index (κ2) is 9.67. The lowest BCUT2D eigenvalue weighted by atomic mass is 10.1. The minimum atomic E-state index is -3.52. The number of anilines is 1. The Hall–Kier alpha value is -2.32. The van der Waals surface area contributed by atoms with Gasteiger partial charge in [-0.1, -0.05) is 6.42 Å². The van der Waals surface area contributed by atoms with Crippen molar-refractivity contribution in [2.24, 2.45) is 0 Å². The van der Waals surface area contributed by atoms with Crippen molar-refractivity contribution in [3.8, 4) is 6.07 Å². The van der Waals surface area contributed by atoms with E-state index in [2.05, 4.69) is 16.7 Å². The molecule has 1 saturated heterocycles. The Bertz CT molecular complexity index is 1170. The third-order valence-electron chi connectivity index (χ3n) is 5.81. The van der Waals surface area contributed by atoms with Crippen LogP contribution in [0.2, 0.25) is 0 Å². The second-order valence-corrected chi connectivity index (χ2v) is 11.4.